The molecule has 5 heteroatoms. The van der Waals surface area contributed by atoms with Gasteiger partial charge < -0.3 is 15.4 Å². The van der Waals surface area contributed by atoms with Crippen LogP contribution in [0.3, 0.4) is 0 Å². The van der Waals surface area contributed by atoms with Crippen LogP contribution in [0.25, 0.3) is 0 Å². The van der Waals surface area contributed by atoms with Crippen LogP contribution in [0.1, 0.15) is 12.5 Å². The molecule has 0 heterocycles. The molecule has 0 bridgehead atoms. The summed E-state index contributed by atoms with van der Waals surface area (Å²) in [5.41, 5.74) is 1.11. The second-order valence-electron chi connectivity index (χ2n) is 4.19. The lowest BCUT2D eigenvalue weighted by Gasteiger charge is -2.15. The molecule has 2 N–H and O–H groups in total. The molecule has 0 aliphatic carbocycles. The smallest absolute Gasteiger partial charge is 0.0592 e. The van der Waals surface area contributed by atoms with Gasteiger partial charge in [-0.2, -0.15) is 0 Å². The predicted molar refractivity (Wildman–Crippen MR) is 80.2 cm³/mol. The average Bonchev–Trinajstić information content (AvgIpc) is 2.36. The lowest BCUT2D eigenvalue weighted by atomic mass is 10.2. The van der Waals surface area contributed by atoms with Gasteiger partial charge in [-0.15, -0.1) is 0 Å². The number of ether oxygens (including phenoxy) is 1. The number of benzene rings is 1. The maximum absolute atomic E-state index is 6.20. The van der Waals surface area contributed by atoms with Gasteiger partial charge in [0.1, 0.15) is 0 Å². The lowest BCUT2D eigenvalue weighted by molar-refractivity contribution is 0.198. The molecule has 0 aliphatic heterocycles. The minimum atomic E-state index is 0.386. The first-order valence-electron chi connectivity index (χ1n) is 6.01. The highest BCUT2D eigenvalue weighted by atomic mass is 79.9. The minimum Gasteiger partial charge on any atom is -0.383 e. The number of methoxy groups -OCH3 is 1. The Kier molecular flexibility index (Phi) is 7.86. The first kappa shape index (κ1) is 15.9. The van der Waals surface area contributed by atoms with E-state index in [0.717, 1.165) is 41.3 Å². The molecule has 0 aromatic heterocycles. The summed E-state index contributed by atoms with van der Waals surface area (Å²) in [6, 6.07) is 6.36. The molecular formula is C13H20BrClN2O. The van der Waals surface area contributed by atoms with Gasteiger partial charge in [0.15, 0.2) is 0 Å². The second kappa shape index (κ2) is 8.88. The highest BCUT2D eigenvalue weighted by Gasteiger charge is 2.05. The van der Waals surface area contributed by atoms with Gasteiger partial charge in [0.2, 0.25) is 0 Å². The van der Waals surface area contributed by atoms with E-state index in [2.05, 4.69) is 33.5 Å². The summed E-state index contributed by atoms with van der Waals surface area (Å²) >= 11 is 9.63. The Morgan fingerprint density at radius 1 is 1.44 bits per heavy atom. The summed E-state index contributed by atoms with van der Waals surface area (Å²) in [4.78, 5) is 0. The van der Waals surface area contributed by atoms with E-state index < -0.39 is 0 Å². The number of halogens is 2. The summed E-state index contributed by atoms with van der Waals surface area (Å²) in [5.74, 6) is 0. The van der Waals surface area contributed by atoms with E-state index in [-0.39, 0.29) is 0 Å². The predicted octanol–water partition coefficient (Wildman–Crippen LogP) is 2.82. The molecule has 0 saturated carbocycles. The second-order valence-corrected chi connectivity index (χ2v) is 5.42. The van der Waals surface area contributed by atoms with E-state index in [4.69, 9.17) is 16.3 Å². The van der Waals surface area contributed by atoms with Crippen molar-refractivity contribution in [3.8, 4) is 0 Å². The fourth-order valence-electron chi connectivity index (χ4n) is 1.53. The maximum atomic E-state index is 6.20. The Bertz CT molecular complexity index is 363. The van der Waals surface area contributed by atoms with Crippen LogP contribution in [-0.2, 0) is 11.3 Å². The molecule has 18 heavy (non-hydrogen) atoms. The van der Waals surface area contributed by atoms with E-state index in [1.54, 1.807) is 7.11 Å². The Hall–Kier alpha value is -0.130. The molecule has 0 fully saturated rings. The first-order chi connectivity index (χ1) is 8.65. The van der Waals surface area contributed by atoms with Crippen molar-refractivity contribution in [3.05, 3.63) is 33.3 Å². The molecule has 0 saturated heterocycles. The van der Waals surface area contributed by atoms with Crippen molar-refractivity contribution < 1.29 is 4.74 Å². The van der Waals surface area contributed by atoms with Crippen LogP contribution < -0.4 is 10.6 Å². The van der Waals surface area contributed by atoms with E-state index in [9.17, 15) is 0 Å². The lowest BCUT2D eigenvalue weighted by Crippen LogP contribution is -2.37. The van der Waals surface area contributed by atoms with Gasteiger partial charge in [0.25, 0.3) is 0 Å². The van der Waals surface area contributed by atoms with Gasteiger partial charge in [0.05, 0.1) is 11.6 Å². The minimum absolute atomic E-state index is 0.386. The number of rotatable bonds is 8. The van der Waals surface area contributed by atoms with Gasteiger partial charge in [0, 0.05) is 37.3 Å². The summed E-state index contributed by atoms with van der Waals surface area (Å²) in [6.07, 6.45) is 0. The number of nitrogens with one attached hydrogen (secondary N) is 2. The highest BCUT2D eigenvalue weighted by molar-refractivity contribution is 9.10. The Labute approximate surface area is 122 Å². The van der Waals surface area contributed by atoms with E-state index >= 15 is 0 Å². The standard InChI is InChI=1S/C13H20BrClN2O/c1-10(8-16-6-7-18-2)17-9-11-4-3-5-12(14)13(11)15/h3-5,10,16-17H,6-9H2,1-2H3. The first-order valence-corrected chi connectivity index (χ1v) is 7.18. The van der Waals surface area contributed by atoms with E-state index in [1.807, 2.05) is 18.2 Å². The molecule has 0 radical (unpaired) electrons. The maximum Gasteiger partial charge on any atom is 0.0592 e. The average molecular weight is 336 g/mol. The van der Waals surface area contributed by atoms with Crippen molar-refractivity contribution in [3.63, 3.8) is 0 Å². The summed E-state index contributed by atoms with van der Waals surface area (Å²) in [7, 11) is 1.71. The zero-order valence-electron chi connectivity index (χ0n) is 10.8. The SMILES string of the molecule is COCCNCC(C)NCc1cccc(Br)c1Cl. The van der Waals surface area contributed by atoms with Crippen molar-refractivity contribution >= 4 is 27.5 Å². The molecule has 1 aromatic carbocycles. The van der Waals surface area contributed by atoms with Crippen LogP contribution in [0.15, 0.2) is 22.7 Å². The van der Waals surface area contributed by atoms with Crippen molar-refractivity contribution in [2.24, 2.45) is 0 Å². The van der Waals surface area contributed by atoms with Crippen molar-refractivity contribution in [1.82, 2.24) is 10.6 Å². The van der Waals surface area contributed by atoms with Gasteiger partial charge in [-0.3, -0.25) is 0 Å². The van der Waals surface area contributed by atoms with Crippen molar-refractivity contribution in [2.45, 2.75) is 19.5 Å². The highest BCUT2D eigenvalue weighted by Crippen LogP contribution is 2.25. The van der Waals surface area contributed by atoms with Crippen LogP contribution in [0, 0.1) is 0 Å². The molecule has 1 aromatic rings. The molecule has 3 nitrogen and oxygen atoms in total. The van der Waals surface area contributed by atoms with Gasteiger partial charge >= 0.3 is 0 Å². The van der Waals surface area contributed by atoms with Crippen LogP contribution in [-0.4, -0.2) is 32.8 Å². The third-order valence-corrected chi connectivity index (χ3v) is 3.94. The third-order valence-electron chi connectivity index (χ3n) is 2.61. The van der Waals surface area contributed by atoms with Gasteiger partial charge in [-0.1, -0.05) is 23.7 Å². The van der Waals surface area contributed by atoms with Crippen molar-refractivity contribution in [2.75, 3.05) is 26.8 Å². The quantitative estimate of drug-likeness (QED) is 0.717. The number of hydrogen-bond donors (Lipinski definition) is 2. The zero-order chi connectivity index (χ0) is 13.4. The molecule has 1 rings (SSSR count). The molecule has 0 spiro atoms. The molecule has 1 unspecified atom stereocenters. The van der Waals surface area contributed by atoms with Crippen LogP contribution in [0.5, 0.6) is 0 Å². The van der Waals surface area contributed by atoms with Crippen LogP contribution in [0.2, 0.25) is 5.02 Å². The van der Waals surface area contributed by atoms with Crippen LogP contribution >= 0.6 is 27.5 Å². The molecule has 102 valence electrons. The number of hydrogen-bond acceptors (Lipinski definition) is 3. The Morgan fingerprint density at radius 3 is 2.94 bits per heavy atom. The Morgan fingerprint density at radius 2 is 2.22 bits per heavy atom. The molecule has 0 aliphatic rings. The van der Waals surface area contributed by atoms with Crippen LogP contribution in [0.4, 0.5) is 0 Å². The Balaban J connectivity index is 2.29. The monoisotopic (exact) mass is 334 g/mol. The summed E-state index contributed by atoms with van der Waals surface area (Å²) < 4.78 is 5.92. The van der Waals surface area contributed by atoms with Gasteiger partial charge in [-0.05, 0) is 34.5 Å². The topological polar surface area (TPSA) is 33.3 Å². The molecule has 1 atom stereocenters. The van der Waals surface area contributed by atoms with E-state index in [0.29, 0.717) is 6.04 Å². The largest absolute Gasteiger partial charge is 0.383 e. The fraction of sp³-hybridized carbons (Fsp3) is 0.538. The van der Waals surface area contributed by atoms with E-state index in [1.165, 1.54) is 0 Å². The summed E-state index contributed by atoms with van der Waals surface area (Å²) in [6.45, 7) is 5.44. The molecule has 0 amide bonds. The van der Waals surface area contributed by atoms with Crippen molar-refractivity contribution in [1.29, 1.82) is 0 Å². The summed E-state index contributed by atoms with van der Waals surface area (Å²) in [5, 5.41) is 7.54. The third kappa shape index (κ3) is 5.67. The van der Waals surface area contributed by atoms with Gasteiger partial charge in [-0.25, -0.2) is 0 Å². The molecular weight excluding hydrogens is 316 g/mol. The zero-order valence-corrected chi connectivity index (χ0v) is 13.1. The normalized spacial score (nSPS) is 12.7. The fourth-order valence-corrected chi connectivity index (χ4v) is 2.13.